The van der Waals surface area contributed by atoms with E-state index in [9.17, 15) is 4.79 Å². The number of carbonyl (C=O) groups is 3. The standard InChI is InChI=1S/C24H23ClN2O.C2H2O4/c25-23-8-4-5-19(17-23)18-26-13-15-27(16-14-26)24(28)22-11-9-21(10-12-22)20-6-2-1-3-7-20;3-1(4)2(5)6/h1-12,17H,13-16,18H2;(H,3,4)(H,5,6). The maximum Gasteiger partial charge on any atom is 0.414 e. The highest BCUT2D eigenvalue weighted by Crippen LogP contribution is 2.20. The molecule has 34 heavy (non-hydrogen) atoms. The first-order valence-electron chi connectivity index (χ1n) is 10.7. The Balaban J connectivity index is 0.000000481. The van der Waals surface area contributed by atoms with Crippen molar-refractivity contribution in [1.82, 2.24) is 9.80 Å². The van der Waals surface area contributed by atoms with Crippen LogP contribution in [0.2, 0.25) is 5.02 Å². The lowest BCUT2D eigenvalue weighted by atomic mass is 10.0. The molecule has 8 heteroatoms. The number of nitrogens with zero attached hydrogens (tertiary/aromatic N) is 2. The summed E-state index contributed by atoms with van der Waals surface area (Å²) in [5, 5.41) is 15.6. The Morgan fingerprint density at radius 2 is 1.32 bits per heavy atom. The molecule has 1 amide bonds. The number of carboxylic acids is 2. The molecule has 0 aromatic heterocycles. The van der Waals surface area contributed by atoms with E-state index in [0.717, 1.165) is 54.4 Å². The quantitative estimate of drug-likeness (QED) is 0.545. The summed E-state index contributed by atoms with van der Waals surface area (Å²) in [7, 11) is 0. The molecule has 3 aromatic rings. The minimum absolute atomic E-state index is 0.113. The number of piperazine rings is 1. The number of hydrogen-bond acceptors (Lipinski definition) is 4. The van der Waals surface area contributed by atoms with Gasteiger partial charge >= 0.3 is 11.9 Å². The molecule has 0 radical (unpaired) electrons. The number of aliphatic carboxylic acids is 2. The molecule has 176 valence electrons. The first kappa shape index (κ1) is 25.0. The Morgan fingerprint density at radius 1 is 0.735 bits per heavy atom. The van der Waals surface area contributed by atoms with Crippen LogP contribution in [0, 0.1) is 0 Å². The Hall–Kier alpha value is -3.68. The largest absolute Gasteiger partial charge is 0.473 e. The van der Waals surface area contributed by atoms with Crippen molar-refractivity contribution in [1.29, 1.82) is 0 Å². The minimum Gasteiger partial charge on any atom is -0.473 e. The van der Waals surface area contributed by atoms with Gasteiger partial charge in [-0.3, -0.25) is 9.69 Å². The minimum atomic E-state index is -1.82. The van der Waals surface area contributed by atoms with Gasteiger partial charge in [0.25, 0.3) is 5.91 Å². The van der Waals surface area contributed by atoms with Crippen LogP contribution in [-0.4, -0.2) is 64.0 Å². The van der Waals surface area contributed by atoms with Crippen LogP contribution in [-0.2, 0) is 16.1 Å². The van der Waals surface area contributed by atoms with Crippen molar-refractivity contribution in [3.05, 3.63) is 95.0 Å². The summed E-state index contributed by atoms with van der Waals surface area (Å²) in [5.41, 5.74) is 4.26. The van der Waals surface area contributed by atoms with Crippen molar-refractivity contribution in [2.24, 2.45) is 0 Å². The van der Waals surface area contributed by atoms with Gasteiger partial charge in [0.15, 0.2) is 0 Å². The molecule has 0 aliphatic carbocycles. The molecule has 1 aliphatic heterocycles. The van der Waals surface area contributed by atoms with Crippen LogP contribution >= 0.6 is 11.6 Å². The Bertz CT molecular complexity index is 1120. The normalized spacial score (nSPS) is 13.5. The van der Waals surface area contributed by atoms with Crippen molar-refractivity contribution >= 4 is 29.4 Å². The second kappa shape index (κ2) is 12.0. The van der Waals surface area contributed by atoms with Gasteiger partial charge in [-0.25, -0.2) is 9.59 Å². The predicted octanol–water partition coefficient (Wildman–Crippen LogP) is 4.12. The zero-order valence-electron chi connectivity index (χ0n) is 18.4. The molecular weight excluding hydrogens is 456 g/mol. The molecule has 0 atom stereocenters. The van der Waals surface area contributed by atoms with Crippen molar-refractivity contribution in [3.8, 4) is 11.1 Å². The van der Waals surface area contributed by atoms with E-state index in [1.165, 1.54) is 5.56 Å². The summed E-state index contributed by atoms with van der Waals surface area (Å²) in [4.78, 5) is 35.4. The third-order valence-corrected chi connectivity index (χ3v) is 5.61. The van der Waals surface area contributed by atoms with Crippen LogP contribution in [0.5, 0.6) is 0 Å². The molecule has 0 bridgehead atoms. The Labute approximate surface area is 202 Å². The number of rotatable bonds is 4. The molecule has 2 N–H and O–H groups in total. The predicted molar refractivity (Wildman–Crippen MR) is 130 cm³/mol. The van der Waals surface area contributed by atoms with E-state index in [1.807, 2.05) is 65.6 Å². The van der Waals surface area contributed by atoms with Crippen molar-refractivity contribution in [2.75, 3.05) is 26.2 Å². The number of benzene rings is 3. The maximum absolute atomic E-state index is 12.8. The second-order valence-electron chi connectivity index (χ2n) is 7.75. The summed E-state index contributed by atoms with van der Waals surface area (Å²) < 4.78 is 0. The summed E-state index contributed by atoms with van der Waals surface area (Å²) in [6, 6.07) is 26.1. The first-order chi connectivity index (χ1) is 16.3. The fraction of sp³-hybridized carbons (Fsp3) is 0.192. The molecule has 0 spiro atoms. The molecule has 1 fully saturated rings. The summed E-state index contributed by atoms with van der Waals surface area (Å²) >= 11 is 6.07. The van der Waals surface area contributed by atoms with Crippen molar-refractivity contribution < 1.29 is 24.6 Å². The average molecular weight is 481 g/mol. The zero-order chi connectivity index (χ0) is 24.5. The van der Waals surface area contributed by atoms with Gasteiger partial charge in [0.05, 0.1) is 0 Å². The molecule has 3 aromatic carbocycles. The summed E-state index contributed by atoms with van der Waals surface area (Å²) in [5.74, 6) is -3.54. The van der Waals surface area contributed by atoms with E-state index >= 15 is 0 Å². The van der Waals surface area contributed by atoms with Crippen molar-refractivity contribution in [3.63, 3.8) is 0 Å². The number of carbonyl (C=O) groups excluding carboxylic acids is 1. The molecule has 1 saturated heterocycles. The van der Waals surface area contributed by atoms with E-state index < -0.39 is 11.9 Å². The topological polar surface area (TPSA) is 98.1 Å². The smallest absolute Gasteiger partial charge is 0.414 e. The zero-order valence-corrected chi connectivity index (χ0v) is 19.2. The van der Waals surface area contributed by atoms with Gasteiger partial charge in [-0.05, 0) is 41.0 Å². The molecule has 7 nitrogen and oxygen atoms in total. The highest BCUT2D eigenvalue weighted by molar-refractivity contribution is 6.30. The van der Waals surface area contributed by atoms with Gasteiger partial charge in [0.1, 0.15) is 0 Å². The van der Waals surface area contributed by atoms with E-state index in [0.29, 0.717) is 0 Å². The molecule has 1 heterocycles. The molecule has 0 unspecified atom stereocenters. The van der Waals surface area contributed by atoms with Gasteiger partial charge in [-0.1, -0.05) is 66.2 Å². The Kier molecular flexibility index (Phi) is 8.79. The third kappa shape index (κ3) is 7.16. The summed E-state index contributed by atoms with van der Waals surface area (Å²) in [6.45, 7) is 4.12. The van der Waals surface area contributed by atoms with Gasteiger partial charge < -0.3 is 15.1 Å². The molecule has 0 saturated carbocycles. The Morgan fingerprint density at radius 3 is 1.88 bits per heavy atom. The molecular formula is C26H25ClN2O5. The lowest BCUT2D eigenvalue weighted by Gasteiger charge is -2.34. The number of halogens is 1. The molecule has 4 rings (SSSR count). The van der Waals surface area contributed by atoms with Crippen LogP contribution in [0.1, 0.15) is 15.9 Å². The number of carboxylic acid groups (broad SMARTS) is 2. The lowest BCUT2D eigenvalue weighted by molar-refractivity contribution is -0.159. The lowest BCUT2D eigenvalue weighted by Crippen LogP contribution is -2.48. The number of amides is 1. The fourth-order valence-corrected chi connectivity index (χ4v) is 3.83. The van der Waals surface area contributed by atoms with Crippen LogP contribution in [0.4, 0.5) is 0 Å². The van der Waals surface area contributed by atoms with Crippen LogP contribution in [0.15, 0.2) is 78.9 Å². The third-order valence-electron chi connectivity index (χ3n) is 5.38. The monoisotopic (exact) mass is 480 g/mol. The highest BCUT2D eigenvalue weighted by atomic mass is 35.5. The van der Waals surface area contributed by atoms with E-state index in [1.54, 1.807) is 0 Å². The van der Waals surface area contributed by atoms with Gasteiger partial charge in [-0.2, -0.15) is 0 Å². The second-order valence-corrected chi connectivity index (χ2v) is 8.19. The maximum atomic E-state index is 12.8. The van der Waals surface area contributed by atoms with Gasteiger partial charge in [0.2, 0.25) is 0 Å². The van der Waals surface area contributed by atoms with Gasteiger partial charge in [0, 0.05) is 43.3 Å². The molecule has 1 aliphatic rings. The van der Waals surface area contributed by atoms with Crippen LogP contribution in [0.3, 0.4) is 0 Å². The van der Waals surface area contributed by atoms with E-state index in [4.69, 9.17) is 31.4 Å². The van der Waals surface area contributed by atoms with Crippen molar-refractivity contribution in [2.45, 2.75) is 6.54 Å². The summed E-state index contributed by atoms with van der Waals surface area (Å²) in [6.07, 6.45) is 0. The number of hydrogen-bond donors (Lipinski definition) is 2. The van der Waals surface area contributed by atoms with E-state index in [2.05, 4.69) is 23.1 Å². The highest BCUT2D eigenvalue weighted by Gasteiger charge is 2.22. The van der Waals surface area contributed by atoms with E-state index in [-0.39, 0.29) is 5.91 Å². The SMILES string of the molecule is O=C(O)C(=O)O.O=C(c1ccc(-c2ccccc2)cc1)N1CCN(Cc2cccc(Cl)c2)CC1. The average Bonchev–Trinajstić information content (AvgIpc) is 2.85. The fourth-order valence-electron chi connectivity index (χ4n) is 3.62. The first-order valence-corrected chi connectivity index (χ1v) is 11.1. The van der Waals surface area contributed by atoms with Gasteiger partial charge in [-0.15, -0.1) is 0 Å². The van der Waals surface area contributed by atoms with Crippen LogP contribution in [0.25, 0.3) is 11.1 Å². The van der Waals surface area contributed by atoms with Crippen LogP contribution < -0.4 is 0 Å².